The summed E-state index contributed by atoms with van der Waals surface area (Å²) in [5.41, 5.74) is 7.75. The van der Waals surface area contributed by atoms with Gasteiger partial charge in [-0.1, -0.05) is 5.11 Å². The number of nitrogens with zero attached hydrogens (tertiary/aromatic N) is 4. The van der Waals surface area contributed by atoms with Gasteiger partial charge >= 0.3 is 6.09 Å². The maximum absolute atomic E-state index is 11.9. The second kappa shape index (κ2) is 8.09. The number of rotatable bonds is 6. The predicted molar refractivity (Wildman–Crippen MR) is 83.8 cm³/mol. The van der Waals surface area contributed by atoms with Crippen LogP contribution in [0.4, 0.5) is 10.5 Å². The molecule has 0 saturated heterocycles. The Bertz CT molecular complexity index is 612. The average molecular weight is 307 g/mol. The lowest BCUT2D eigenvalue weighted by atomic mass is 10.2. The van der Waals surface area contributed by atoms with E-state index in [1.165, 1.54) is 10.6 Å². The van der Waals surface area contributed by atoms with Crippen LogP contribution in [0.2, 0.25) is 0 Å². The Labute approximate surface area is 128 Å². The highest BCUT2D eigenvalue weighted by Crippen LogP contribution is 2.10. The Morgan fingerprint density at radius 2 is 2.18 bits per heavy atom. The Morgan fingerprint density at radius 1 is 1.45 bits per heavy atom. The second-order valence-electron chi connectivity index (χ2n) is 5.74. The fraction of sp³-hybridized carbons (Fsp3) is 0.571. The SMILES string of the molecule is CC(C)(C)OC(=O)Nc1ccn(CCCCN=[N+]=[N-])c(=O)c1. The van der Waals surface area contributed by atoms with Gasteiger partial charge in [-0.2, -0.15) is 0 Å². The van der Waals surface area contributed by atoms with Gasteiger partial charge in [0.15, 0.2) is 0 Å². The van der Waals surface area contributed by atoms with Gasteiger partial charge in [-0.3, -0.25) is 10.1 Å². The number of unbranched alkanes of at least 4 members (excludes halogenated alkanes) is 1. The maximum atomic E-state index is 11.9. The summed E-state index contributed by atoms with van der Waals surface area (Å²) in [6.07, 6.45) is 2.47. The van der Waals surface area contributed by atoms with Crippen molar-refractivity contribution >= 4 is 11.8 Å². The van der Waals surface area contributed by atoms with E-state index in [-0.39, 0.29) is 5.56 Å². The molecule has 120 valence electrons. The number of carbonyl (C=O) groups is 1. The first-order valence-corrected chi connectivity index (χ1v) is 7.03. The summed E-state index contributed by atoms with van der Waals surface area (Å²) in [5, 5.41) is 5.95. The zero-order chi connectivity index (χ0) is 16.6. The zero-order valence-electron chi connectivity index (χ0n) is 13.1. The number of nitrogens with one attached hydrogen (secondary N) is 1. The van der Waals surface area contributed by atoms with E-state index in [0.29, 0.717) is 25.2 Å². The van der Waals surface area contributed by atoms with Crippen molar-refractivity contribution in [2.45, 2.75) is 45.8 Å². The van der Waals surface area contributed by atoms with Gasteiger partial charge in [0.2, 0.25) is 0 Å². The molecule has 0 unspecified atom stereocenters. The molecular weight excluding hydrogens is 286 g/mol. The second-order valence-corrected chi connectivity index (χ2v) is 5.74. The van der Waals surface area contributed by atoms with E-state index in [1.807, 2.05) is 0 Å². The van der Waals surface area contributed by atoms with Crippen LogP contribution >= 0.6 is 0 Å². The van der Waals surface area contributed by atoms with Crippen molar-refractivity contribution in [2.24, 2.45) is 5.11 Å². The molecule has 8 heteroatoms. The number of carbonyl (C=O) groups excluding carboxylic acids is 1. The molecule has 1 aromatic heterocycles. The minimum atomic E-state index is -0.598. The summed E-state index contributed by atoms with van der Waals surface area (Å²) in [6, 6.07) is 2.98. The molecule has 1 amide bonds. The van der Waals surface area contributed by atoms with Crippen LogP contribution in [0.25, 0.3) is 10.4 Å². The van der Waals surface area contributed by atoms with Crippen molar-refractivity contribution < 1.29 is 9.53 Å². The quantitative estimate of drug-likeness (QED) is 0.377. The number of anilines is 1. The van der Waals surface area contributed by atoms with Gasteiger partial charge in [0, 0.05) is 30.3 Å². The summed E-state index contributed by atoms with van der Waals surface area (Å²) in [5.74, 6) is 0. The van der Waals surface area contributed by atoms with E-state index >= 15 is 0 Å². The van der Waals surface area contributed by atoms with E-state index < -0.39 is 11.7 Å². The van der Waals surface area contributed by atoms with Crippen molar-refractivity contribution in [3.63, 3.8) is 0 Å². The Balaban J connectivity index is 2.56. The molecule has 8 nitrogen and oxygen atoms in total. The number of aryl methyl sites for hydroxylation is 1. The number of ether oxygens (including phenoxy) is 1. The monoisotopic (exact) mass is 307 g/mol. The lowest BCUT2D eigenvalue weighted by molar-refractivity contribution is 0.0636. The summed E-state index contributed by atoms with van der Waals surface area (Å²) < 4.78 is 6.65. The van der Waals surface area contributed by atoms with Crippen LogP contribution in [0.5, 0.6) is 0 Å². The molecule has 1 heterocycles. The molecule has 0 spiro atoms. The molecule has 0 fully saturated rings. The largest absolute Gasteiger partial charge is 0.444 e. The highest BCUT2D eigenvalue weighted by atomic mass is 16.6. The molecule has 0 radical (unpaired) electrons. The van der Waals surface area contributed by atoms with E-state index in [0.717, 1.165) is 6.42 Å². The average Bonchev–Trinajstić information content (AvgIpc) is 2.38. The molecule has 1 N–H and O–H groups in total. The molecule has 0 aromatic carbocycles. The first kappa shape index (κ1) is 17.6. The standard InChI is InChI=1S/C14H21N5O3/c1-14(2,3)22-13(21)17-11-6-9-19(12(20)10-11)8-5-4-7-16-18-15/h6,9-10H,4-5,7-8H2,1-3H3,(H,17,21). The molecular formula is C14H21N5O3. The summed E-state index contributed by atoms with van der Waals surface area (Å²) >= 11 is 0. The van der Waals surface area contributed by atoms with Gasteiger partial charge in [0.05, 0.1) is 5.69 Å². The van der Waals surface area contributed by atoms with Gasteiger partial charge in [0.25, 0.3) is 5.56 Å². The van der Waals surface area contributed by atoms with Gasteiger partial charge in [-0.05, 0) is 45.2 Å². The van der Waals surface area contributed by atoms with Crippen LogP contribution in [0.15, 0.2) is 28.2 Å². The smallest absolute Gasteiger partial charge is 0.412 e. The third-order valence-corrected chi connectivity index (χ3v) is 2.61. The lowest BCUT2D eigenvalue weighted by Gasteiger charge is -2.19. The van der Waals surface area contributed by atoms with Gasteiger partial charge in [-0.25, -0.2) is 4.79 Å². The number of hydrogen-bond donors (Lipinski definition) is 1. The van der Waals surface area contributed by atoms with E-state index in [1.54, 1.807) is 33.0 Å². The zero-order valence-corrected chi connectivity index (χ0v) is 13.1. The number of aromatic nitrogens is 1. The molecule has 0 aliphatic carbocycles. The molecule has 1 rings (SSSR count). The summed E-state index contributed by atoms with van der Waals surface area (Å²) in [6.45, 7) is 6.25. The fourth-order valence-electron chi connectivity index (χ4n) is 1.70. The molecule has 1 aromatic rings. The van der Waals surface area contributed by atoms with Crippen molar-refractivity contribution in [1.82, 2.24) is 4.57 Å². The van der Waals surface area contributed by atoms with E-state index in [9.17, 15) is 9.59 Å². The Morgan fingerprint density at radius 3 is 2.77 bits per heavy atom. The highest BCUT2D eigenvalue weighted by molar-refractivity contribution is 5.84. The first-order valence-electron chi connectivity index (χ1n) is 7.03. The van der Waals surface area contributed by atoms with Crippen molar-refractivity contribution in [3.8, 4) is 0 Å². The molecule has 0 aliphatic heterocycles. The molecule has 0 bridgehead atoms. The maximum Gasteiger partial charge on any atom is 0.412 e. The lowest BCUT2D eigenvalue weighted by Crippen LogP contribution is -2.28. The van der Waals surface area contributed by atoms with Crippen LogP contribution < -0.4 is 10.9 Å². The van der Waals surface area contributed by atoms with Gasteiger partial charge in [-0.15, -0.1) is 0 Å². The van der Waals surface area contributed by atoms with Gasteiger partial charge in [0.1, 0.15) is 5.60 Å². The number of azide groups is 1. The normalized spacial score (nSPS) is 10.7. The predicted octanol–water partition coefficient (Wildman–Crippen LogP) is 3.29. The van der Waals surface area contributed by atoms with Crippen molar-refractivity contribution in [2.75, 3.05) is 11.9 Å². The number of amides is 1. The van der Waals surface area contributed by atoms with Gasteiger partial charge < -0.3 is 9.30 Å². The van der Waals surface area contributed by atoms with Crippen molar-refractivity contribution in [1.29, 1.82) is 0 Å². The van der Waals surface area contributed by atoms with Crippen LogP contribution in [0.3, 0.4) is 0 Å². The third-order valence-electron chi connectivity index (χ3n) is 2.61. The van der Waals surface area contributed by atoms with Crippen LogP contribution in [-0.2, 0) is 11.3 Å². The first-order chi connectivity index (χ1) is 10.3. The highest BCUT2D eigenvalue weighted by Gasteiger charge is 2.16. The molecule has 0 saturated carbocycles. The van der Waals surface area contributed by atoms with Crippen LogP contribution in [0, 0.1) is 0 Å². The van der Waals surface area contributed by atoms with Crippen LogP contribution in [0.1, 0.15) is 33.6 Å². The van der Waals surface area contributed by atoms with E-state index in [2.05, 4.69) is 15.3 Å². The van der Waals surface area contributed by atoms with Crippen molar-refractivity contribution in [3.05, 3.63) is 39.1 Å². The minimum absolute atomic E-state index is 0.211. The summed E-state index contributed by atoms with van der Waals surface area (Å²) in [7, 11) is 0. The fourth-order valence-corrected chi connectivity index (χ4v) is 1.70. The molecule has 0 atom stereocenters. The summed E-state index contributed by atoms with van der Waals surface area (Å²) in [4.78, 5) is 26.2. The molecule has 22 heavy (non-hydrogen) atoms. The number of hydrogen-bond acceptors (Lipinski definition) is 4. The number of pyridine rings is 1. The Hall–Kier alpha value is -2.47. The van der Waals surface area contributed by atoms with E-state index in [4.69, 9.17) is 10.3 Å². The minimum Gasteiger partial charge on any atom is -0.444 e. The van der Waals surface area contributed by atoms with Crippen LogP contribution in [-0.4, -0.2) is 22.8 Å². The third kappa shape index (κ3) is 6.81. The molecule has 0 aliphatic rings. The topological polar surface area (TPSA) is 109 Å². The Kier molecular flexibility index (Phi) is 6.47.